The molecule has 0 aliphatic heterocycles. The molecule has 7 heteroatoms. The van der Waals surface area contributed by atoms with Gasteiger partial charge in [0.1, 0.15) is 6.61 Å². The van der Waals surface area contributed by atoms with Crippen LogP contribution in [-0.4, -0.2) is 22.1 Å². The van der Waals surface area contributed by atoms with Crippen molar-refractivity contribution in [2.75, 3.05) is 6.61 Å². The summed E-state index contributed by atoms with van der Waals surface area (Å²) in [5.74, 6) is -0.593. The van der Waals surface area contributed by atoms with Crippen molar-refractivity contribution >= 4 is 40.1 Å². The Morgan fingerprint density at radius 3 is 2.79 bits per heavy atom. The van der Waals surface area contributed by atoms with Gasteiger partial charge in [0.15, 0.2) is 0 Å². The van der Waals surface area contributed by atoms with Gasteiger partial charge in [-0.1, -0.05) is 35.3 Å². The van der Waals surface area contributed by atoms with Crippen molar-refractivity contribution in [3.63, 3.8) is 0 Å². The Hall–Kier alpha value is -2.37. The van der Waals surface area contributed by atoms with Gasteiger partial charge in [-0.25, -0.2) is 9.78 Å². The zero-order chi connectivity index (χ0) is 17.1. The summed E-state index contributed by atoms with van der Waals surface area (Å²) >= 11 is 11.8. The first-order chi connectivity index (χ1) is 11.6. The molecule has 3 aromatic rings. The maximum absolute atomic E-state index is 12.3. The van der Waals surface area contributed by atoms with E-state index in [9.17, 15) is 9.59 Å². The number of carbonyl (C=O) groups excluding carboxylic acids is 1. The van der Waals surface area contributed by atoms with E-state index in [0.29, 0.717) is 15.9 Å². The first-order valence-electron chi connectivity index (χ1n) is 7.12. The average molecular weight is 363 g/mol. The molecule has 0 unspecified atom stereocenters. The van der Waals surface area contributed by atoms with E-state index < -0.39 is 5.97 Å². The van der Waals surface area contributed by atoms with Crippen molar-refractivity contribution in [3.05, 3.63) is 74.8 Å². The molecule has 122 valence electrons. The van der Waals surface area contributed by atoms with Gasteiger partial charge in [0.2, 0.25) is 0 Å². The van der Waals surface area contributed by atoms with Gasteiger partial charge in [0.05, 0.1) is 34.4 Å². The summed E-state index contributed by atoms with van der Waals surface area (Å²) in [6, 6.07) is 11.6. The van der Waals surface area contributed by atoms with Gasteiger partial charge in [-0.3, -0.25) is 9.36 Å². The Bertz CT molecular complexity index is 969. The highest BCUT2D eigenvalue weighted by atomic mass is 35.5. The summed E-state index contributed by atoms with van der Waals surface area (Å²) in [6.07, 6.45) is 1.44. The van der Waals surface area contributed by atoms with Crippen LogP contribution in [0.15, 0.2) is 53.6 Å². The lowest BCUT2D eigenvalue weighted by atomic mass is 10.2. The van der Waals surface area contributed by atoms with Crippen LogP contribution in [0.4, 0.5) is 0 Å². The SMILES string of the molecule is O=C(OCCn1cnc2ccccc2c1=O)c1cc(Cl)ccc1Cl. The number of nitrogens with zero attached hydrogens (tertiary/aromatic N) is 2. The first-order valence-corrected chi connectivity index (χ1v) is 7.88. The zero-order valence-corrected chi connectivity index (χ0v) is 13.9. The van der Waals surface area contributed by atoms with E-state index in [0.717, 1.165) is 0 Å². The number of ether oxygens (including phenoxy) is 1. The van der Waals surface area contributed by atoms with Crippen LogP contribution >= 0.6 is 23.2 Å². The third kappa shape index (κ3) is 3.42. The predicted molar refractivity (Wildman–Crippen MR) is 92.7 cm³/mol. The summed E-state index contributed by atoms with van der Waals surface area (Å²) in [7, 11) is 0. The maximum Gasteiger partial charge on any atom is 0.339 e. The highest BCUT2D eigenvalue weighted by Gasteiger charge is 2.12. The summed E-state index contributed by atoms with van der Waals surface area (Å²) in [5.41, 5.74) is 0.632. The molecule has 0 aliphatic carbocycles. The summed E-state index contributed by atoms with van der Waals surface area (Å²) < 4.78 is 6.56. The van der Waals surface area contributed by atoms with Crippen LogP contribution in [0, 0.1) is 0 Å². The van der Waals surface area contributed by atoms with E-state index >= 15 is 0 Å². The second-order valence-corrected chi connectivity index (χ2v) is 5.86. The van der Waals surface area contributed by atoms with Gasteiger partial charge >= 0.3 is 5.97 Å². The molecule has 0 saturated carbocycles. The fourth-order valence-electron chi connectivity index (χ4n) is 2.23. The van der Waals surface area contributed by atoms with Crippen molar-refractivity contribution in [2.24, 2.45) is 0 Å². The number of halogens is 2. The molecule has 0 radical (unpaired) electrons. The highest BCUT2D eigenvalue weighted by Crippen LogP contribution is 2.21. The third-order valence-electron chi connectivity index (χ3n) is 3.45. The minimum absolute atomic E-state index is 0.0155. The molecule has 1 heterocycles. The summed E-state index contributed by atoms with van der Waals surface area (Å²) in [5, 5.41) is 1.17. The summed E-state index contributed by atoms with van der Waals surface area (Å²) in [6.45, 7) is 0.211. The van der Waals surface area contributed by atoms with Gasteiger partial charge < -0.3 is 4.74 Å². The molecule has 0 spiro atoms. The largest absolute Gasteiger partial charge is 0.460 e. The molecule has 0 aliphatic rings. The number of hydrogen-bond acceptors (Lipinski definition) is 4. The Labute approximate surface area is 147 Å². The Morgan fingerprint density at radius 2 is 1.96 bits per heavy atom. The molecule has 0 amide bonds. The topological polar surface area (TPSA) is 61.2 Å². The number of benzene rings is 2. The van der Waals surface area contributed by atoms with Crippen LogP contribution in [0.1, 0.15) is 10.4 Å². The molecule has 0 N–H and O–H groups in total. The lowest BCUT2D eigenvalue weighted by Gasteiger charge is -2.09. The molecule has 0 atom stereocenters. The van der Waals surface area contributed by atoms with Crippen LogP contribution in [0.3, 0.4) is 0 Å². The van der Waals surface area contributed by atoms with Crippen molar-refractivity contribution in [3.8, 4) is 0 Å². The van der Waals surface area contributed by atoms with E-state index in [1.54, 1.807) is 24.3 Å². The zero-order valence-electron chi connectivity index (χ0n) is 12.4. The normalized spacial score (nSPS) is 10.8. The van der Waals surface area contributed by atoms with Gasteiger partial charge in [0, 0.05) is 5.02 Å². The smallest absolute Gasteiger partial charge is 0.339 e. The van der Waals surface area contributed by atoms with Crippen molar-refractivity contribution in [1.29, 1.82) is 0 Å². The fraction of sp³-hybridized carbons (Fsp3) is 0.118. The molecular formula is C17H12Cl2N2O3. The monoisotopic (exact) mass is 362 g/mol. The van der Waals surface area contributed by atoms with E-state index in [1.807, 2.05) is 6.07 Å². The maximum atomic E-state index is 12.3. The van der Waals surface area contributed by atoms with Gasteiger partial charge in [0.25, 0.3) is 5.56 Å². The fourth-order valence-corrected chi connectivity index (χ4v) is 2.60. The average Bonchev–Trinajstić information content (AvgIpc) is 2.59. The first kappa shape index (κ1) is 16.5. The highest BCUT2D eigenvalue weighted by molar-refractivity contribution is 6.35. The number of para-hydroxylation sites is 1. The predicted octanol–water partition coefficient (Wildman–Crippen LogP) is 3.56. The molecule has 3 rings (SSSR count). The second kappa shape index (κ2) is 7.03. The molecule has 0 fully saturated rings. The van der Waals surface area contributed by atoms with E-state index in [2.05, 4.69) is 4.98 Å². The number of rotatable bonds is 4. The van der Waals surface area contributed by atoms with E-state index in [1.165, 1.54) is 23.0 Å². The number of carbonyl (C=O) groups is 1. The van der Waals surface area contributed by atoms with E-state index in [-0.39, 0.29) is 29.3 Å². The summed E-state index contributed by atoms with van der Waals surface area (Å²) in [4.78, 5) is 28.6. The number of hydrogen-bond donors (Lipinski definition) is 0. The Kier molecular flexibility index (Phi) is 4.83. The number of fused-ring (bicyclic) bond motifs is 1. The van der Waals surface area contributed by atoms with Crippen LogP contribution in [0.2, 0.25) is 10.0 Å². The Morgan fingerprint density at radius 1 is 1.17 bits per heavy atom. The molecule has 1 aromatic heterocycles. The van der Waals surface area contributed by atoms with Crippen LogP contribution in [0.25, 0.3) is 10.9 Å². The van der Waals surface area contributed by atoms with Crippen molar-refractivity contribution in [2.45, 2.75) is 6.54 Å². The Balaban J connectivity index is 1.70. The third-order valence-corrected chi connectivity index (χ3v) is 4.01. The minimum atomic E-state index is -0.593. The lowest BCUT2D eigenvalue weighted by Crippen LogP contribution is -2.23. The van der Waals surface area contributed by atoms with E-state index in [4.69, 9.17) is 27.9 Å². The lowest BCUT2D eigenvalue weighted by molar-refractivity contribution is 0.0490. The van der Waals surface area contributed by atoms with Crippen molar-refractivity contribution < 1.29 is 9.53 Å². The molecule has 0 saturated heterocycles. The standard InChI is InChI=1S/C17H12Cl2N2O3/c18-11-5-6-14(19)13(9-11)17(23)24-8-7-21-10-20-15-4-2-1-3-12(15)16(21)22/h1-6,9-10H,7-8H2. The van der Waals surface area contributed by atoms with Gasteiger partial charge in [-0.15, -0.1) is 0 Å². The number of esters is 1. The molecule has 5 nitrogen and oxygen atoms in total. The van der Waals surface area contributed by atoms with Crippen LogP contribution in [0.5, 0.6) is 0 Å². The van der Waals surface area contributed by atoms with Gasteiger partial charge in [-0.2, -0.15) is 0 Å². The van der Waals surface area contributed by atoms with Crippen LogP contribution in [-0.2, 0) is 11.3 Å². The van der Waals surface area contributed by atoms with Gasteiger partial charge in [-0.05, 0) is 30.3 Å². The minimum Gasteiger partial charge on any atom is -0.460 e. The molecular weight excluding hydrogens is 351 g/mol. The second-order valence-electron chi connectivity index (χ2n) is 5.02. The number of aromatic nitrogens is 2. The quantitative estimate of drug-likeness (QED) is 0.665. The molecule has 2 aromatic carbocycles. The molecule has 0 bridgehead atoms. The molecule has 24 heavy (non-hydrogen) atoms. The van der Waals surface area contributed by atoms with Crippen LogP contribution < -0.4 is 5.56 Å². The van der Waals surface area contributed by atoms with Crippen molar-refractivity contribution in [1.82, 2.24) is 9.55 Å².